The highest BCUT2D eigenvalue weighted by Gasteiger charge is 2.33. The summed E-state index contributed by atoms with van der Waals surface area (Å²) >= 11 is 17.9. The minimum absolute atomic E-state index is 0.0878. The molecule has 1 aliphatic heterocycles. The van der Waals surface area contributed by atoms with Crippen LogP contribution in [0.5, 0.6) is 5.75 Å². The van der Waals surface area contributed by atoms with Gasteiger partial charge in [0.15, 0.2) is 4.80 Å². The van der Waals surface area contributed by atoms with Crippen molar-refractivity contribution < 1.29 is 4.74 Å². The van der Waals surface area contributed by atoms with Gasteiger partial charge in [0.25, 0.3) is 5.56 Å². The summed E-state index contributed by atoms with van der Waals surface area (Å²) < 4.78 is 8.88. The van der Waals surface area contributed by atoms with Gasteiger partial charge >= 0.3 is 0 Å². The Bertz CT molecular complexity index is 1770. The van der Waals surface area contributed by atoms with E-state index < -0.39 is 0 Å². The van der Waals surface area contributed by atoms with E-state index in [1.54, 1.807) is 10.6 Å². The van der Waals surface area contributed by atoms with Crippen LogP contribution in [0.1, 0.15) is 41.6 Å². The molecular weight excluding hydrogens is 591 g/mol. The second kappa shape index (κ2) is 9.91. The molecule has 1 aromatic heterocycles. The van der Waals surface area contributed by atoms with E-state index in [0.29, 0.717) is 26.0 Å². The van der Waals surface area contributed by atoms with Gasteiger partial charge in [-0.15, -0.1) is 0 Å². The molecule has 6 rings (SSSR count). The van der Waals surface area contributed by atoms with Crippen LogP contribution in [0.3, 0.4) is 0 Å². The van der Waals surface area contributed by atoms with Crippen LogP contribution in [0, 0.1) is 0 Å². The molecule has 0 N–H and O–H groups in total. The fraction of sp³-hybridized carbons (Fsp3) is 0.172. The number of benzene rings is 3. The standard InChI is InChI=1S/C29H21BrCl2N2O2S/c1-2-36-24-12-7-16(13-22(24)30)14-25-28(35)34-27(20-11-9-18(31)15-23(20)32)21-10-8-17-5-3-4-6-19(17)26(21)33-29(34)37-25/h3-7,9,11-15,27H,2,8,10H2,1H3/t27-/m1/s1. The molecule has 0 spiro atoms. The van der Waals surface area contributed by atoms with Gasteiger partial charge in [-0.2, -0.15) is 0 Å². The van der Waals surface area contributed by atoms with Crippen molar-refractivity contribution in [2.45, 2.75) is 25.8 Å². The van der Waals surface area contributed by atoms with Gasteiger partial charge in [0.2, 0.25) is 0 Å². The number of hydrogen-bond acceptors (Lipinski definition) is 4. The summed E-state index contributed by atoms with van der Waals surface area (Å²) in [6, 6.07) is 19.3. The maximum absolute atomic E-state index is 13.9. The number of allylic oxidation sites excluding steroid dienone is 1. The molecule has 1 aliphatic carbocycles. The van der Waals surface area contributed by atoms with E-state index in [0.717, 1.165) is 51.0 Å². The van der Waals surface area contributed by atoms with E-state index in [2.05, 4.69) is 34.1 Å². The fourth-order valence-corrected chi connectivity index (χ4v) is 7.08. The van der Waals surface area contributed by atoms with Crippen molar-refractivity contribution in [1.82, 2.24) is 4.57 Å². The lowest BCUT2D eigenvalue weighted by molar-refractivity contribution is 0.338. The van der Waals surface area contributed by atoms with Crippen molar-refractivity contribution >= 4 is 62.2 Å². The van der Waals surface area contributed by atoms with Crippen LogP contribution < -0.4 is 19.6 Å². The zero-order valence-electron chi connectivity index (χ0n) is 19.8. The molecule has 1 atom stereocenters. The minimum atomic E-state index is -0.349. The molecule has 37 heavy (non-hydrogen) atoms. The van der Waals surface area contributed by atoms with Crippen molar-refractivity contribution in [2.75, 3.05) is 6.61 Å². The van der Waals surface area contributed by atoms with Gasteiger partial charge in [0.1, 0.15) is 5.75 Å². The summed E-state index contributed by atoms with van der Waals surface area (Å²) in [4.78, 5) is 19.6. The highest BCUT2D eigenvalue weighted by Crippen LogP contribution is 2.43. The van der Waals surface area contributed by atoms with E-state index in [9.17, 15) is 4.79 Å². The Morgan fingerprint density at radius 1 is 1.14 bits per heavy atom. The van der Waals surface area contributed by atoms with Gasteiger partial charge in [-0.3, -0.25) is 9.36 Å². The third-order valence-corrected chi connectivity index (χ3v) is 8.85. The second-order valence-electron chi connectivity index (χ2n) is 8.90. The van der Waals surface area contributed by atoms with Gasteiger partial charge in [-0.1, -0.05) is 70.9 Å². The first kappa shape index (κ1) is 24.7. The molecular formula is C29H21BrCl2N2O2S. The number of rotatable bonds is 4. The maximum atomic E-state index is 13.9. The molecule has 0 saturated heterocycles. The topological polar surface area (TPSA) is 43.6 Å². The smallest absolute Gasteiger partial charge is 0.271 e. The van der Waals surface area contributed by atoms with Gasteiger partial charge in [-0.05, 0) is 88.3 Å². The molecule has 186 valence electrons. The Balaban J connectivity index is 1.58. The molecule has 2 aliphatic rings. The molecule has 0 saturated carbocycles. The average molecular weight is 612 g/mol. The molecule has 4 aromatic rings. The quantitative estimate of drug-likeness (QED) is 0.255. The SMILES string of the molecule is CCOc1ccc(C=c2sc3n(c2=O)[C@H](c2ccc(Cl)cc2Cl)C2=C(N=3)c3ccccc3CC2)cc1Br. The van der Waals surface area contributed by atoms with Crippen LogP contribution in [0.2, 0.25) is 10.0 Å². The summed E-state index contributed by atoms with van der Waals surface area (Å²) in [5.41, 5.74) is 6.09. The Labute approximate surface area is 236 Å². The van der Waals surface area contributed by atoms with Crippen LogP contribution in [0.4, 0.5) is 0 Å². The highest BCUT2D eigenvalue weighted by atomic mass is 79.9. The molecule has 2 heterocycles. The zero-order chi connectivity index (χ0) is 25.7. The minimum Gasteiger partial charge on any atom is -0.493 e. The Kier molecular flexibility index (Phi) is 6.61. The van der Waals surface area contributed by atoms with Crippen molar-refractivity contribution in [3.05, 3.63) is 123 Å². The second-order valence-corrected chi connectivity index (χ2v) is 11.6. The van der Waals surface area contributed by atoms with Crippen LogP contribution in [0.25, 0.3) is 11.8 Å². The summed E-state index contributed by atoms with van der Waals surface area (Å²) in [5, 5.41) is 1.10. The summed E-state index contributed by atoms with van der Waals surface area (Å²) in [6.45, 7) is 2.53. The first-order valence-corrected chi connectivity index (χ1v) is 14.3. The van der Waals surface area contributed by atoms with E-state index in [-0.39, 0.29) is 11.6 Å². The number of hydrogen-bond donors (Lipinski definition) is 0. The molecule has 0 amide bonds. The normalized spacial score (nSPS) is 16.6. The van der Waals surface area contributed by atoms with E-state index >= 15 is 0 Å². The highest BCUT2D eigenvalue weighted by molar-refractivity contribution is 9.10. The molecule has 3 aromatic carbocycles. The average Bonchev–Trinajstić information content (AvgIpc) is 3.19. The van der Waals surface area contributed by atoms with Crippen molar-refractivity contribution in [3.63, 3.8) is 0 Å². The number of fused-ring (bicyclic) bond motifs is 3. The molecule has 0 fully saturated rings. The van der Waals surface area contributed by atoms with E-state index in [4.69, 9.17) is 32.9 Å². The largest absolute Gasteiger partial charge is 0.493 e. The van der Waals surface area contributed by atoms with Crippen LogP contribution >= 0.6 is 50.5 Å². The maximum Gasteiger partial charge on any atom is 0.271 e. The number of ether oxygens (including phenoxy) is 1. The fourth-order valence-electron chi connectivity index (χ4n) is 5.05. The predicted octanol–water partition coefficient (Wildman–Crippen LogP) is 6.79. The van der Waals surface area contributed by atoms with E-state index in [1.807, 2.05) is 49.4 Å². The predicted molar refractivity (Wildman–Crippen MR) is 155 cm³/mol. The van der Waals surface area contributed by atoms with Crippen LogP contribution in [0.15, 0.2) is 80.5 Å². The van der Waals surface area contributed by atoms with Crippen LogP contribution in [-0.4, -0.2) is 11.2 Å². The number of thiazole rings is 1. The van der Waals surface area contributed by atoms with Crippen molar-refractivity contribution in [2.24, 2.45) is 4.99 Å². The zero-order valence-corrected chi connectivity index (χ0v) is 23.7. The molecule has 0 unspecified atom stereocenters. The summed E-state index contributed by atoms with van der Waals surface area (Å²) in [6.07, 6.45) is 3.59. The van der Waals surface area contributed by atoms with Crippen molar-refractivity contribution in [1.29, 1.82) is 0 Å². The van der Waals surface area contributed by atoms with Gasteiger partial charge in [0, 0.05) is 15.6 Å². The third-order valence-electron chi connectivity index (χ3n) is 6.68. The number of halogens is 3. The lowest BCUT2D eigenvalue weighted by atomic mass is 9.83. The Hall–Kier alpha value is -2.64. The lowest BCUT2D eigenvalue weighted by Gasteiger charge is -2.31. The summed E-state index contributed by atoms with van der Waals surface area (Å²) in [7, 11) is 0. The summed E-state index contributed by atoms with van der Waals surface area (Å²) in [5.74, 6) is 0.768. The molecule has 4 nitrogen and oxygen atoms in total. The first-order chi connectivity index (χ1) is 17.9. The number of nitrogens with zero attached hydrogens (tertiary/aromatic N) is 2. The van der Waals surface area contributed by atoms with E-state index in [1.165, 1.54) is 16.9 Å². The van der Waals surface area contributed by atoms with Gasteiger partial charge in [-0.25, -0.2) is 4.99 Å². The Morgan fingerprint density at radius 3 is 2.76 bits per heavy atom. The number of aryl methyl sites for hydroxylation is 1. The molecule has 0 bridgehead atoms. The van der Waals surface area contributed by atoms with Gasteiger partial charge < -0.3 is 4.74 Å². The third kappa shape index (κ3) is 4.40. The van der Waals surface area contributed by atoms with Gasteiger partial charge in [0.05, 0.1) is 27.4 Å². The lowest BCUT2D eigenvalue weighted by Crippen LogP contribution is -2.38. The Morgan fingerprint density at radius 2 is 1.97 bits per heavy atom. The first-order valence-electron chi connectivity index (χ1n) is 11.9. The molecule has 8 heteroatoms. The van der Waals surface area contributed by atoms with Crippen LogP contribution in [-0.2, 0) is 6.42 Å². The molecule has 0 radical (unpaired) electrons. The number of aromatic nitrogens is 1. The van der Waals surface area contributed by atoms with Crippen molar-refractivity contribution in [3.8, 4) is 5.75 Å². The monoisotopic (exact) mass is 610 g/mol.